The van der Waals surface area contributed by atoms with E-state index in [1.807, 2.05) is 13.8 Å². The molecule has 0 atom stereocenters. The highest BCUT2D eigenvalue weighted by atomic mass is 19.1. The summed E-state index contributed by atoms with van der Waals surface area (Å²) < 4.78 is 32.3. The van der Waals surface area contributed by atoms with Crippen molar-refractivity contribution >= 4 is 11.7 Å². The van der Waals surface area contributed by atoms with Crippen molar-refractivity contribution in [3.05, 3.63) is 29.3 Å². The van der Waals surface area contributed by atoms with Crippen LogP contribution in [0.1, 0.15) is 24.2 Å². The first-order chi connectivity index (χ1) is 8.91. The van der Waals surface area contributed by atoms with Crippen LogP contribution in [0.3, 0.4) is 0 Å². The fraction of sp³-hybridized carbons (Fsp3) is 0.462. The van der Waals surface area contributed by atoms with Crippen LogP contribution in [-0.4, -0.2) is 30.8 Å². The van der Waals surface area contributed by atoms with Gasteiger partial charge in [0, 0.05) is 13.2 Å². The predicted molar refractivity (Wildman–Crippen MR) is 67.5 cm³/mol. The van der Waals surface area contributed by atoms with Gasteiger partial charge in [-0.2, -0.15) is 0 Å². The van der Waals surface area contributed by atoms with Crippen LogP contribution in [0.2, 0.25) is 0 Å². The molecular weight excluding hydrogens is 256 g/mol. The largest absolute Gasteiger partial charge is 0.478 e. The van der Waals surface area contributed by atoms with Gasteiger partial charge in [0.1, 0.15) is 17.3 Å². The molecule has 0 saturated carbocycles. The van der Waals surface area contributed by atoms with E-state index in [1.54, 1.807) is 0 Å². The molecule has 0 radical (unpaired) electrons. The van der Waals surface area contributed by atoms with E-state index in [1.165, 1.54) is 0 Å². The third-order valence-electron chi connectivity index (χ3n) is 2.29. The first-order valence-corrected chi connectivity index (χ1v) is 5.95. The van der Waals surface area contributed by atoms with Gasteiger partial charge in [-0.05, 0) is 18.1 Å². The number of rotatable bonds is 7. The lowest BCUT2D eigenvalue weighted by Gasteiger charge is -2.11. The van der Waals surface area contributed by atoms with E-state index in [0.29, 0.717) is 19.1 Å². The number of anilines is 1. The maximum atomic E-state index is 13.5. The Hall–Kier alpha value is -1.69. The van der Waals surface area contributed by atoms with E-state index in [4.69, 9.17) is 9.84 Å². The molecule has 0 bridgehead atoms. The Labute approximate surface area is 110 Å². The average molecular weight is 273 g/mol. The smallest absolute Gasteiger partial charge is 0.335 e. The molecule has 1 aromatic carbocycles. The molecule has 1 rings (SSSR count). The molecule has 0 fully saturated rings. The third-order valence-corrected chi connectivity index (χ3v) is 2.29. The first-order valence-electron chi connectivity index (χ1n) is 5.95. The summed E-state index contributed by atoms with van der Waals surface area (Å²) in [5.74, 6) is -2.84. The Morgan fingerprint density at radius 2 is 1.95 bits per heavy atom. The number of carbonyl (C=O) groups is 1. The molecule has 0 aliphatic carbocycles. The Bertz CT molecular complexity index is 427. The minimum Gasteiger partial charge on any atom is -0.478 e. The molecule has 0 amide bonds. The zero-order valence-corrected chi connectivity index (χ0v) is 10.9. The second-order valence-corrected chi connectivity index (χ2v) is 4.52. The van der Waals surface area contributed by atoms with Crippen LogP contribution in [0.15, 0.2) is 12.1 Å². The van der Waals surface area contributed by atoms with Gasteiger partial charge in [-0.15, -0.1) is 0 Å². The number of hydrogen-bond acceptors (Lipinski definition) is 3. The number of nitrogens with one attached hydrogen (secondary N) is 1. The van der Waals surface area contributed by atoms with E-state index in [-0.39, 0.29) is 12.2 Å². The number of carboxylic acids is 1. The Morgan fingerprint density at radius 3 is 2.42 bits per heavy atom. The zero-order chi connectivity index (χ0) is 14.4. The van der Waals surface area contributed by atoms with Gasteiger partial charge in [0.25, 0.3) is 0 Å². The summed E-state index contributed by atoms with van der Waals surface area (Å²) in [7, 11) is 0. The summed E-state index contributed by atoms with van der Waals surface area (Å²) in [5.41, 5.74) is -0.755. The SMILES string of the molecule is CC(C)COCCNc1c(F)cc(C(=O)O)cc1F. The molecule has 0 aliphatic rings. The number of ether oxygens (including phenoxy) is 1. The van der Waals surface area contributed by atoms with E-state index in [9.17, 15) is 13.6 Å². The minimum atomic E-state index is -1.37. The van der Waals surface area contributed by atoms with Crippen LogP contribution >= 0.6 is 0 Å². The van der Waals surface area contributed by atoms with Gasteiger partial charge in [0.2, 0.25) is 0 Å². The average Bonchev–Trinajstić information content (AvgIpc) is 2.30. The molecule has 0 aliphatic heterocycles. The van der Waals surface area contributed by atoms with E-state index >= 15 is 0 Å². The molecular formula is C13H17F2NO3. The number of hydrogen-bond donors (Lipinski definition) is 2. The molecule has 19 heavy (non-hydrogen) atoms. The summed E-state index contributed by atoms with van der Waals surface area (Å²) >= 11 is 0. The van der Waals surface area contributed by atoms with E-state index in [0.717, 1.165) is 12.1 Å². The standard InChI is InChI=1S/C13H17F2NO3/c1-8(2)7-19-4-3-16-12-10(14)5-9(13(17)18)6-11(12)15/h5-6,8,16H,3-4,7H2,1-2H3,(H,17,18). The van der Waals surface area contributed by atoms with E-state index in [2.05, 4.69) is 5.32 Å². The van der Waals surface area contributed by atoms with Crippen LogP contribution in [-0.2, 0) is 4.74 Å². The lowest BCUT2D eigenvalue weighted by molar-refractivity contribution is 0.0695. The van der Waals surface area contributed by atoms with Crippen LogP contribution in [0.25, 0.3) is 0 Å². The normalized spacial score (nSPS) is 10.8. The molecule has 1 aromatic rings. The van der Waals surface area contributed by atoms with Crippen LogP contribution in [0, 0.1) is 17.6 Å². The van der Waals surface area contributed by atoms with E-state index < -0.39 is 23.2 Å². The topological polar surface area (TPSA) is 58.6 Å². The van der Waals surface area contributed by atoms with Crippen molar-refractivity contribution in [1.82, 2.24) is 0 Å². The summed E-state index contributed by atoms with van der Waals surface area (Å²) in [6, 6.07) is 1.56. The van der Waals surface area contributed by atoms with Gasteiger partial charge in [-0.1, -0.05) is 13.8 Å². The van der Waals surface area contributed by atoms with Crippen molar-refractivity contribution in [2.75, 3.05) is 25.1 Å². The van der Waals surface area contributed by atoms with Crippen molar-refractivity contribution in [3.8, 4) is 0 Å². The summed E-state index contributed by atoms with van der Waals surface area (Å²) in [6.07, 6.45) is 0. The molecule has 0 saturated heterocycles. The van der Waals surface area contributed by atoms with Gasteiger partial charge >= 0.3 is 5.97 Å². The monoisotopic (exact) mass is 273 g/mol. The van der Waals surface area contributed by atoms with Crippen molar-refractivity contribution in [3.63, 3.8) is 0 Å². The van der Waals surface area contributed by atoms with Crippen LogP contribution < -0.4 is 5.32 Å². The molecule has 0 heterocycles. The molecule has 6 heteroatoms. The van der Waals surface area contributed by atoms with Gasteiger partial charge < -0.3 is 15.2 Å². The lowest BCUT2D eigenvalue weighted by atomic mass is 10.2. The quantitative estimate of drug-likeness (QED) is 0.750. The molecule has 0 unspecified atom stereocenters. The van der Waals surface area contributed by atoms with Crippen molar-refractivity contribution in [2.45, 2.75) is 13.8 Å². The fourth-order valence-electron chi connectivity index (χ4n) is 1.43. The number of halogens is 2. The highest BCUT2D eigenvalue weighted by Gasteiger charge is 2.14. The zero-order valence-electron chi connectivity index (χ0n) is 10.9. The number of benzene rings is 1. The van der Waals surface area contributed by atoms with Gasteiger partial charge in [-0.3, -0.25) is 0 Å². The van der Waals surface area contributed by atoms with Crippen molar-refractivity contribution < 1.29 is 23.4 Å². The van der Waals surface area contributed by atoms with Crippen LogP contribution in [0.5, 0.6) is 0 Å². The van der Waals surface area contributed by atoms with Gasteiger partial charge in [0.15, 0.2) is 0 Å². The Morgan fingerprint density at radius 1 is 1.37 bits per heavy atom. The van der Waals surface area contributed by atoms with Gasteiger partial charge in [0.05, 0.1) is 12.2 Å². The summed E-state index contributed by atoms with van der Waals surface area (Å²) in [5, 5.41) is 11.2. The predicted octanol–water partition coefficient (Wildman–Crippen LogP) is 2.75. The maximum Gasteiger partial charge on any atom is 0.335 e. The van der Waals surface area contributed by atoms with Crippen LogP contribution in [0.4, 0.5) is 14.5 Å². The third kappa shape index (κ3) is 4.82. The second-order valence-electron chi connectivity index (χ2n) is 4.52. The Balaban J connectivity index is 2.57. The van der Waals surface area contributed by atoms with Crippen molar-refractivity contribution in [2.24, 2.45) is 5.92 Å². The van der Waals surface area contributed by atoms with Gasteiger partial charge in [-0.25, -0.2) is 13.6 Å². The lowest BCUT2D eigenvalue weighted by Crippen LogP contribution is -2.14. The highest BCUT2D eigenvalue weighted by Crippen LogP contribution is 2.20. The summed E-state index contributed by atoms with van der Waals surface area (Å²) in [6.45, 7) is 5.13. The molecule has 106 valence electrons. The first kappa shape index (κ1) is 15.4. The molecule has 0 aromatic heterocycles. The maximum absolute atomic E-state index is 13.5. The Kier molecular flexibility index (Phi) is 5.69. The number of aromatic carboxylic acids is 1. The van der Waals surface area contributed by atoms with Crippen molar-refractivity contribution in [1.29, 1.82) is 0 Å². The minimum absolute atomic E-state index is 0.243. The molecule has 2 N–H and O–H groups in total. The fourth-order valence-corrected chi connectivity index (χ4v) is 1.43. The second kappa shape index (κ2) is 7.04. The summed E-state index contributed by atoms with van der Waals surface area (Å²) in [4.78, 5) is 10.6. The number of carboxylic acid groups (broad SMARTS) is 1. The molecule has 4 nitrogen and oxygen atoms in total. The highest BCUT2D eigenvalue weighted by molar-refractivity contribution is 5.88. The molecule has 0 spiro atoms.